The van der Waals surface area contributed by atoms with Gasteiger partial charge in [0.1, 0.15) is 23.0 Å². The highest BCUT2D eigenvalue weighted by molar-refractivity contribution is 6.13. The van der Waals surface area contributed by atoms with E-state index in [9.17, 15) is 0 Å². The number of pyridine rings is 2. The molecule has 0 saturated heterocycles. The van der Waals surface area contributed by atoms with Crippen molar-refractivity contribution in [2.24, 2.45) is 0 Å². The van der Waals surface area contributed by atoms with Gasteiger partial charge in [-0.05, 0) is 72.3 Å². The molecule has 0 spiro atoms. The normalized spacial score (nSPS) is 12.9. The molecule has 0 saturated carbocycles. The number of hydrogen-bond acceptors (Lipinski definition) is 3. The Morgan fingerprint density at radius 1 is 0.615 bits per heavy atom. The van der Waals surface area contributed by atoms with Gasteiger partial charge in [0.25, 0.3) is 0 Å². The lowest BCUT2D eigenvalue weighted by molar-refractivity contribution is 0.484. The number of para-hydroxylation sites is 2. The molecule has 0 aliphatic carbocycles. The zero-order valence-electron chi connectivity index (χ0n) is 21.0. The number of nitrogens with zero attached hydrogens (tertiary/aromatic N) is 4. The maximum Gasteiger partial charge on any atom is 0.145 e. The van der Waals surface area contributed by atoms with Crippen molar-refractivity contribution in [3.8, 4) is 17.3 Å². The van der Waals surface area contributed by atoms with Gasteiger partial charge in [-0.3, -0.25) is 8.97 Å². The van der Waals surface area contributed by atoms with Gasteiger partial charge in [-0.1, -0.05) is 42.5 Å². The van der Waals surface area contributed by atoms with Crippen molar-refractivity contribution in [3.05, 3.63) is 121 Å². The van der Waals surface area contributed by atoms with Crippen molar-refractivity contribution < 1.29 is 4.74 Å². The van der Waals surface area contributed by atoms with Gasteiger partial charge in [-0.15, -0.1) is 0 Å². The fourth-order valence-electron chi connectivity index (χ4n) is 6.43. The minimum atomic E-state index is 0.783. The molecule has 4 aromatic heterocycles. The van der Waals surface area contributed by atoms with Crippen LogP contribution in [0.3, 0.4) is 0 Å². The summed E-state index contributed by atoms with van der Waals surface area (Å²) in [4.78, 5) is 9.51. The first kappa shape index (κ1) is 20.8. The number of benzene rings is 4. The number of rotatable bonds is 3. The summed E-state index contributed by atoms with van der Waals surface area (Å²) in [5.74, 6) is 2.46. The average molecular weight is 503 g/mol. The Balaban J connectivity index is 1.23. The lowest BCUT2D eigenvalue weighted by atomic mass is 9.97. The molecule has 4 aromatic carbocycles. The molecule has 1 aliphatic rings. The molecule has 1 aliphatic heterocycles. The van der Waals surface area contributed by atoms with E-state index in [0.717, 1.165) is 52.2 Å². The highest BCUT2D eigenvalue weighted by atomic mass is 16.5. The van der Waals surface area contributed by atoms with E-state index >= 15 is 0 Å². The zero-order chi connectivity index (χ0) is 25.5. The van der Waals surface area contributed by atoms with Crippen LogP contribution in [0, 0.1) is 0 Å². The fraction of sp³-hybridized carbons (Fsp3) is 0.0588. The minimum absolute atomic E-state index is 0.783. The Kier molecular flexibility index (Phi) is 4.11. The number of hydrogen-bond donors (Lipinski definition) is 0. The van der Waals surface area contributed by atoms with Gasteiger partial charge in [0.2, 0.25) is 0 Å². The minimum Gasteiger partial charge on any atom is -0.457 e. The van der Waals surface area contributed by atoms with E-state index in [1.165, 1.54) is 38.3 Å². The predicted molar refractivity (Wildman–Crippen MR) is 156 cm³/mol. The van der Waals surface area contributed by atoms with Crippen LogP contribution in [0.2, 0.25) is 0 Å². The maximum absolute atomic E-state index is 6.52. The summed E-state index contributed by atoms with van der Waals surface area (Å²) in [5, 5.41) is 5.94. The largest absolute Gasteiger partial charge is 0.457 e. The molecular formula is C34H22N4O. The highest BCUT2D eigenvalue weighted by Gasteiger charge is 2.20. The molecule has 0 N–H and O–H groups in total. The van der Waals surface area contributed by atoms with Crippen LogP contribution < -0.4 is 4.74 Å². The molecule has 0 fully saturated rings. The maximum atomic E-state index is 6.52. The van der Waals surface area contributed by atoms with E-state index in [1.54, 1.807) is 0 Å². The van der Waals surface area contributed by atoms with Gasteiger partial charge < -0.3 is 4.74 Å². The van der Waals surface area contributed by atoms with Gasteiger partial charge in [0, 0.05) is 45.7 Å². The Morgan fingerprint density at radius 2 is 1.44 bits per heavy atom. The third kappa shape index (κ3) is 2.90. The summed E-state index contributed by atoms with van der Waals surface area (Å²) >= 11 is 0. The zero-order valence-corrected chi connectivity index (χ0v) is 21.0. The molecule has 39 heavy (non-hydrogen) atoms. The Hall–Kier alpha value is -5.16. The first-order valence-electron chi connectivity index (χ1n) is 13.3. The van der Waals surface area contributed by atoms with Crippen molar-refractivity contribution >= 4 is 49.1 Å². The van der Waals surface area contributed by atoms with Gasteiger partial charge in [-0.2, -0.15) is 0 Å². The topological polar surface area (TPSA) is 44.4 Å². The first-order valence-corrected chi connectivity index (χ1v) is 13.3. The third-order valence-corrected chi connectivity index (χ3v) is 8.11. The van der Waals surface area contributed by atoms with Crippen LogP contribution in [0.25, 0.3) is 54.9 Å². The van der Waals surface area contributed by atoms with Gasteiger partial charge >= 0.3 is 0 Å². The number of aromatic nitrogens is 4. The highest BCUT2D eigenvalue weighted by Crippen LogP contribution is 2.38. The van der Waals surface area contributed by atoms with Crippen molar-refractivity contribution in [1.82, 2.24) is 18.9 Å². The Bertz CT molecular complexity index is 2260. The van der Waals surface area contributed by atoms with E-state index < -0.39 is 0 Å². The molecule has 8 aromatic rings. The van der Waals surface area contributed by atoms with E-state index in [0.29, 0.717) is 0 Å². The van der Waals surface area contributed by atoms with Crippen LogP contribution >= 0.6 is 0 Å². The quantitative estimate of drug-likeness (QED) is 0.230. The summed E-state index contributed by atoms with van der Waals surface area (Å²) in [5.41, 5.74) is 7.14. The molecule has 0 radical (unpaired) electrons. The number of aryl methyl sites for hydroxylation is 2. The predicted octanol–water partition coefficient (Wildman–Crippen LogP) is 8.02. The first-order chi connectivity index (χ1) is 19.3. The molecule has 5 heteroatoms. The second-order valence-electron chi connectivity index (χ2n) is 10.3. The molecule has 5 nitrogen and oxygen atoms in total. The smallest absolute Gasteiger partial charge is 0.145 e. The molecule has 0 atom stereocenters. The monoisotopic (exact) mass is 502 g/mol. The standard InChI is InChI=1S/C34H22N4O/c1-2-9-30-26(7-1)27-16-14-24(19-31(27)38(30)32-10-3-4-17-35-32)39-23-13-15-25-28-8-5-6-21-11-12-22-20-36-34(29(25)18-23)37(22)33(21)28/h1-10,13-20H,11-12H2. The Morgan fingerprint density at radius 3 is 2.36 bits per heavy atom. The van der Waals surface area contributed by atoms with Crippen LogP contribution in [0.1, 0.15) is 11.3 Å². The molecule has 0 bridgehead atoms. The van der Waals surface area contributed by atoms with Crippen molar-refractivity contribution in [3.63, 3.8) is 0 Å². The molecule has 5 heterocycles. The van der Waals surface area contributed by atoms with Crippen LogP contribution in [-0.2, 0) is 12.8 Å². The van der Waals surface area contributed by atoms with Crippen molar-refractivity contribution in [1.29, 1.82) is 0 Å². The number of imidazole rings is 1. The van der Waals surface area contributed by atoms with E-state index in [-0.39, 0.29) is 0 Å². The lowest BCUT2D eigenvalue weighted by Crippen LogP contribution is -2.07. The van der Waals surface area contributed by atoms with Crippen LogP contribution in [0.15, 0.2) is 109 Å². The number of ether oxygens (including phenoxy) is 1. The molecule has 184 valence electrons. The summed E-state index contributed by atoms with van der Waals surface area (Å²) in [6, 6.07) is 33.8. The summed E-state index contributed by atoms with van der Waals surface area (Å²) in [7, 11) is 0. The Labute approximate surface area is 223 Å². The molecule has 0 unspecified atom stereocenters. The molecular weight excluding hydrogens is 480 g/mol. The third-order valence-electron chi connectivity index (χ3n) is 8.11. The van der Waals surface area contributed by atoms with E-state index in [4.69, 9.17) is 9.72 Å². The molecule has 0 amide bonds. The molecule has 9 rings (SSSR count). The number of fused-ring (bicyclic) bond motifs is 6. The van der Waals surface area contributed by atoms with Crippen LogP contribution in [0.5, 0.6) is 11.5 Å². The van der Waals surface area contributed by atoms with Crippen molar-refractivity contribution in [2.45, 2.75) is 12.8 Å². The van der Waals surface area contributed by atoms with Crippen LogP contribution in [-0.4, -0.2) is 18.9 Å². The average Bonchev–Trinajstić information content (AvgIpc) is 3.57. The summed E-state index contributed by atoms with van der Waals surface area (Å²) in [6.45, 7) is 0. The van der Waals surface area contributed by atoms with Crippen molar-refractivity contribution in [2.75, 3.05) is 0 Å². The lowest BCUT2D eigenvalue weighted by Gasteiger charge is -2.18. The second-order valence-corrected chi connectivity index (χ2v) is 10.3. The fourth-order valence-corrected chi connectivity index (χ4v) is 6.43. The van der Waals surface area contributed by atoms with E-state index in [2.05, 4.69) is 92.8 Å². The van der Waals surface area contributed by atoms with Gasteiger partial charge in [0.05, 0.1) is 16.6 Å². The summed E-state index contributed by atoms with van der Waals surface area (Å²) in [6.07, 6.45) is 5.93. The van der Waals surface area contributed by atoms with Gasteiger partial charge in [-0.25, -0.2) is 9.97 Å². The summed E-state index contributed by atoms with van der Waals surface area (Å²) < 4.78 is 11.1. The second kappa shape index (κ2) is 7.68. The van der Waals surface area contributed by atoms with E-state index in [1.807, 2.05) is 30.6 Å². The van der Waals surface area contributed by atoms with Gasteiger partial charge in [0.15, 0.2) is 0 Å². The van der Waals surface area contributed by atoms with Crippen LogP contribution in [0.4, 0.5) is 0 Å². The SMILES string of the molecule is c1ccc(-n2c3ccccc3c3ccc(Oc4ccc5c(c4)c4ncc6n4c4c(cccc54)CC6)cc32)nc1.